The molecule has 0 bridgehead atoms. The van der Waals surface area contributed by atoms with Gasteiger partial charge in [0.15, 0.2) is 0 Å². The summed E-state index contributed by atoms with van der Waals surface area (Å²) < 4.78 is 5.24. The van der Waals surface area contributed by atoms with Crippen molar-refractivity contribution < 1.29 is 0 Å². The molecule has 71 heavy (non-hydrogen) atoms. The largest absolute Gasteiger partial charge is 0.340 e. The SMILES string of the molecule is CCCCCCCCCCCCC(CCCCCCCCCC)Cn1c2cc(/C=C/C=C/c3nc4ccccc4s3)c3cccc4c5cccc6c(/C=C/C=C/c7nc8ccccc8s7)cc1c(c65)c2c34. The predicted molar refractivity (Wildman–Crippen MR) is 317 cm³/mol. The van der Waals surface area contributed by atoms with Gasteiger partial charge in [-0.05, 0) is 100.0 Å². The van der Waals surface area contributed by atoms with Crippen LogP contribution in [0.2, 0.25) is 0 Å². The zero-order chi connectivity index (χ0) is 48.2. The zero-order valence-corrected chi connectivity index (χ0v) is 44.1. The maximum Gasteiger partial charge on any atom is 0.117 e. The van der Waals surface area contributed by atoms with Gasteiger partial charge in [0, 0.05) is 28.1 Å². The Kier molecular flexibility index (Phi) is 16.7. The van der Waals surface area contributed by atoms with Crippen molar-refractivity contribution in [1.29, 1.82) is 0 Å². The van der Waals surface area contributed by atoms with Gasteiger partial charge in [-0.15, -0.1) is 22.7 Å². The van der Waals surface area contributed by atoms with Crippen LogP contribution in [0.15, 0.2) is 121 Å². The van der Waals surface area contributed by atoms with Crippen molar-refractivity contribution in [1.82, 2.24) is 14.5 Å². The van der Waals surface area contributed by atoms with Crippen molar-refractivity contribution in [3.63, 3.8) is 0 Å². The van der Waals surface area contributed by atoms with Crippen molar-refractivity contribution in [3.8, 4) is 0 Å². The second-order valence-corrected chi connectivity index (χ2v) is 22.5. The van der Waals surface area contributed by atoms with E-state index in [1.165, 1.54) is 203 Å². The summed E-state index contributed by atoms with van der Waals surface area (Å²) in [6.45, 7) is 5.69. The van der Waals surface area contributed by atoms with Gasteiger partial charge >= 0.3 is 0 Å². The molecule has 1 unspecified atom stereocenters. The van der Waals surface area contributed by atoms with Gasteiger partial charge in [-0.3, -0.25) is 0 Å². The van der Waals surface area contributed by atoms with Gasteiger partial charge in [0.25, 0.3) is 0 Å². The maximum absolute atomic E-state index is 4.88. The fraction of sp³-hybridized carbons (Fsp3) is 0.364. The van der Waals surface area contributed by atoms with E-state index in [1.807, 2.05) is 0 Å². The molecule has 0 N–H and O–H groups in total. The number of hydrogen-bond acceptors (Lipinski definition) is 4. The summed E-state index contributed by atoms with van der Waals surface area (Å²) in [5.74, 6) is 0.632. The molecule has 0 saturated heterocycles. The molecular weight excluding hydrogens is 899 g/mol. The van der Waals surface area contributed by atoms with Crippen molar-refractivity contribution in [2.24, 2.45) is 5.92 Å². The van der Waals surface area contributed by atoms with Gasteiger partial charge in [0.05, 0.1) is 31.5 Å². The molecule has 7 aromatic carbocycles. The van der Waals surface area contributed by atoms with E-state index in [0.717, 1.165) is 27.6 Å². The molecule has 5 heteroatoms. The third-order valence-corrected chi connectivity index (χ3v) is 17.2. The van der Waals surface area contributed by atoms with E-state index in [2.05, 4.69) is 164 Å². The highest BCUT2D eigenvalue weighted by molar-refractivity contribution is 7.19. The molecule has 0 spiro atoms. The fourth-order valence-corrected chi connectivity index (χ4v) is 13.3. The molecule has 3 aromatic heterocycles. The molecular formula is C66H73N3S2. The Balaban J connectivity index is 1.02. The molecule has 0 saturated carbocycles. The zero-order valence-electron chi connectivity index (χ0n) is 42.4. The summed E-state index contributed by atoms with van der Waals surface area (Å²) in [6.07, 6.45) is 45.2. The van der Waals surface area contributed by atoms with Gasteiger partial charge in [0.1, 0.15) is 10.0 Å². The van der Waals surface area contributed by atoms with Gasteiger partial charge in [-0.25, -0.2) is 9.97 Å². The molecule has 0 aliphatic carbocycles. The summed E-state index contributed by atoms with van der Waals surface area (Å²) in [5.41, 5.74) is 7.44. The average Bonchev–Trinajstić information content (AvgIpc) is 4.11. The lowest BCUT2D eigenvalue weighted by Gasteiger charge is -2.20. The topological polar surface area (TPSA) is 30.7 Å². The minimum atomic E-state index is 0.632. The molecule has 10 rings (SSSR count). The van der Waals surface area contributed by atoms with Gasteiger partial charge in [-0.1, -0.05) is 227 Å². The number of benzene rings is 7. The van der Waals surface area contributed by atoms with Gasteiger partial charge in [-0.2, -0.15) is 0 Å². The Labute approximate surface area is 430 Å². The lowest BCUT2D eigenvalue weighted by molar-refractivity contribution is 0.364. The van der Waals surface area contributed by atoms with Crippen LogP contribution in [0.4, 0.5) is 0 Å². The minimum Gasteiger partial charge on any atom is -0.340 e. The standard InChI is InChI=1S/C66H73N3S2/c1-3-5-7-9-11-13-14-16-18-20-32-48(31-19-17-15-12-10-8-6-4-2)47-69-57-45-49(33-21-27-43-61-67-55-39-23-25-41-59(55)70-61)51-35-29-37-53-54-38-30-36-52-50(46-58(69)66(64(52)54)65(57)63(51)53)34-22-28-44-62-68-56-40-24-26-42-60(56)71-62/h21-30,33-46,48H,3-20,31-32,47H2,1-2H3/b33-21+,34-22+,43-27+,44-28+. The van der Waals surface area contributed by atoms with Crippen molar-refractivity contribution in [2.75, 3.05) is 0 Å². The van der Waals surface area contributed by atoms with Crippen LogP contribution < -0.4 is 0 Å². The van der Waals surface area contributed by atoms with E-state index >= 15 is 0 Å². The van der Waals surface area contributed by atoms with Crippen molar-refractivity contribution in [2.45, 2.75) is 149 Å². The third-order valence-electron chi connectivity index (χ3n) is 15.2. The molecule has 10 aromatic rings. The van der Waals surface area contributed by atoms with E-state index < -0.39 is 0 Å². The molecule has 364 valence electrons. The molecule has 3 heterocycles. The molecule has 0 fully saturated rings. The van der Waals surface area contributed by atoms with Crippen LogP contribution in [0.3, 0.4) is 0 Å². The van der Waals surface area contributed by atoms with E-state index in [1.54, 1.807) is 22.7 Å². The van der Waals surface area contributed by atoms with Crippen LogP contribution in [0.5, 0.6) is 0 Å². The maximum atomic E-state index is 4.88. The van der Waals surface area contributed by atoms with Crippen molar-refractivity contribution in [3.05, 3.63) is 143 Å². The third kappa shape index (κ3) is 11.4. The Bertz CT molecular complexity index is 3140. The Morgan fingerprint density at radius 1 is 0.423 bits per heavy atom. The number of nitrogens with zero attached hydrogens (tertiary/aromatic N) is 3. The summed E-state index contributed by atoms with van der Waals surface area (Å²) in [6, 6.07) is 36.0. The minimum absolute atomic E-state index is 0.632. The first kappa shape index (κ1) is 49.0. The molecule has 0 amide bonds. The second-order valence-electron chi connectivity index (χ2n) is 20.4. The second kappa shape index (κ2) is 24.2. The van der Waals surface area contributed by atoms with Gasteiger partial charge < -0.3 is 4.57 Å². The lowest BCUT2D eigenvalue weighted by Crippen LogP contribution is -2.11. The Morgan fingerprint density at radius 2 is 0.817 bits per heavy atom. The quantitative estimate of drug-likeness (QED) is 0.0212. The van der Waals surface area contributed by atoms with E-state index in [0.29, 0.717) is 5.92 Å². The van der Waals surface area contributed by atoms with Crippen molar-refractivity contribution >= 4 is 122 Å². The van der Waals surface area contributed by atoms with Gasteiger partial charge in [0.2, 0.25) is 0 Å². The molecule has 0 aliphatic heterocycles. The number of allylic oxidation sites excluding steroid dienone is 4. The summed E-state index contributed by atoms with van der Waals surface area (Å²) in [4.78, 5) is 9.76. The normalized spacial score (nSPS) is 13.3. The van der Waals surface area contributed by atoms with Crippen LogP contribution in [0.1, 0.15) is 163 Å². The summed E-state index contributed by atoms with van der Waals surface area (Å²) in [5, 5.41) is 13.1. The number of rotatable bonds is 28. The Hall–Kier alpha value is -5.62. The van der Waals surface area contributed by atoms with Crippen LogP contribution >= 0.6 is 22.7 Å². The smallest absolute Gasteiger partial charge is 0.117 e. The molecule has 0 aliphatic rings. The first-order chi connectivity index (χ1) is 35.2. The number of para-hydroxylation sites is 2. The van der Waals surface area contributed by atoms with Crippen LogP contribution in [-0.2, 0) is 6.54 Å². The van der Waals surface area contributed by atoms with E-state index in [4.69, 9.17) is 9.97 Å². The predicted octanol–water partition coefficient (Wildman–Crippen LogP) is 21.3. The number of fused-ring (bicyclic) bond motifs is 3. The first-order valence-corrected chi connectivity index (χ1v) is 29.2. The van der Waals surface area contributed by atoms with Crippen LogP contribution in [0, 0.1) is 5.92 Å². The molecule has 1 atom stereocenters. The Morgan fingerprint density at radius 3 is 1.25 bits per heavy atom. The fourth-order valence-electron chi connectivity index (χ4n) is 11.5. The van der Waals surface area contributed by atoms with E-state index in [9.17, 15) is 0 Å². The summed E-state index contributed by atoms with van der Waals surface area (Å²) in [7, 11) is 0. The first-order valence-electron chi connectivity index (χ1n) is 27.6. The van der Waals surface area contributed by atoms with Crippen LogP contribution in [-0.4, -0.2) is 14.5 Å². The van der Waals surface area contributed by atoms with Crippen LogP contribution in [0.25, 0.3) is 98.9 Å². The number of hydrogen-bond donors (Lipinski definition) is 0. The highest BCUT2D eigenvalue weighted by atomic mass is 32.1. The molecule has 3 nitrogen and oxygen atoms in total. The molecule has 0 radical (unpaired) electrons. The monoisotopic (exact) mass is 972 g/mol. The lowest BCUT2D eigenvalue weighted by atomic mass is 9.87. The van der Waals surface area contributed by atoms with E-state index in [-0.39, 0.29) is 0 Å². The number of unbranched alkanes of at least 4 members (excludes halogenated alkanes) is 16. The highest BCUT2D eigenvalue weighted by Crippen LogP contribution is 2.49. The summed E-state index contributed by atoms with van der Waals surface area (Å²) >= 11 is 3.50. The highest BCUT2D eigenvalue weighted by Gasteiger charge is 2.25. The number of thiazole rings is 2. The number of aromatic nitrogens is 3. The average molecular weight is 972 g/mol.